The minimum atomic E-state index is -1.01. The maximum atomic E-state index is 11.4. The molecule has 1 aliphatic rings. The van der Waals surface area contributed by atoms with Gasteiger partial charge in [0.15, 0.2) is 0 Å². The number of pyridine rings is 1. The quantitative estimate of drug-likeness (QED) is 0.636. The van der Waals surface area contributed by atoms with Crippen molar-refractivity contribution in [2.75, 3.05) is 25.1 Å². The predicted octanol–water partition coefficient (Wildman–Crippen LogP) is 3.16. The standard InChI is InChI=1S/C19H18ClN3O4/c1-27-18-11(2-3-17(22-18)23-5-4-10(24)9-23)12-6-13-14(19(25)26)8-21-16(13)7-15(12)20/h2-3,6-8,10,21,24H,4-5,9H2,1H3,(H,25,26)/t10-/m1/s1. The van der Waals surface area contributed by atoms with Crippen LogP contribution in [0, 0.1) is 0 Å². The lowest BCUT2D eigenvalue weighted by Crippen LogP contribution is -2.22. The molecule has 1 saturated heterocycles. The Bertz CT molecular complexity index is 1030. The first-order valence-corrected chi connectivity index (χ1v) is 8.88. The number of rotatable bonds is 4. The summed E-state index contributed by atoms with van der Waals surface area (Å²) in [6.45, 7) is 1.27. The zero-order valence-corrected chi connectivity index (χ0v) is 15.3. The lowest BCUT2D eigenvalue weighted by Gasteiger charge is -2.19. The van der Waals surface area contributed by atoms with Crippen molar-refractivity contribution in [2.24, 2.45) is 0 Å². The number of methoxy groups -OCH3 is 1. The van der Waals surface area contributed by atoms with Crippen molar-refractivity contribution in [3.8, 4) is 17.0 Å². The van der Waals surface area contributed by atoms with Gasteiger partial charge in [-0.15, -0.1) is 0 Å². The number of benzene rings is 1. The Morgan fingerprint density at radius 2 is 2.19 bits per heavy atom. The van der Waals surface area contributed by atoms with E-state index in [0.717, 1.165) is 12.4 Å². The third-order valence-corrected chi connectivity index (χ3v) is 5.13. The molecule has 3 aromatic rings. The number of nitrogens with zero attached hydrogens (tertiary/aromatic N) is 2. The molecule has 0 amide bonds. The van der Waals surface area contributed by atoms with Crippen molar-refractivity contribution >= 4 is 34.3 Å². The SMILES string of the molecule is COc1nc(N2CC[C@@H](O)C2)ccc1-c1cc2c(C(=O)O)c[nH]c2cc1Cl. The van der Waals surface area contributed by atoms with Crippen molar-refractivity contribution in [1.82, 2.24) is 9.97 Å². The lowest BCUT2D eigenvalue weighted by atomic mass is 10.0. The molecule has 0 unspecified atom stereocenters. The van der Waals surface area contributed by atoms with Crippen LogP contribution in [0.25, 0.3) is 22.0 Å². The molecule has 1 aromatic carbocycles. The summed E-state index contributed by atoms with van der Waals surface area (Å²) in [5, 5.41) is 20.1. The Morgan fingerprint density at radius 3 is 2.85 bits per heavy atom. The number of β-amino-alcohol motifs (C(OH)–C–C–N with tert-alkyl or cyclic N) is 1. The Balaban J connectivity index is 1.81. The topological polar surface area (TPSA) is 98.7 Å². The molecule has 4 rings (SSSR count). The van der Waals surface area contributed by atoms with E-state index in [1.54, 1.807) is 12.1 Å². The van der Waals surface area contributed by atoms with Crippen LogP contribution >= 0.6 is 11.6 Å². The number of aromatic nitrogens is 2. The van der Waals surface area contributed by atoms with Crippen molar-refractivity contribution < 1.29 is 19.7 Å². The summed E-state index contributed by atoms with van der Waals surface area (Å²) < 4.78 is 5.47. The van der Waals surface area contributed by atoms with Gasteiger partial charge in [0.25, 0.3) is 0 Å². The first-order valence-electron chi connectivity index (χ1n) is 8.50. The minimum absolute atomic E-state index is 0.178. The van der Waals surface area contributed by atoms with Crippen LogP contribution in [0.5, 0.6) is 5.88 Å². The molecule has 8 heteroatoms. The number of carbonyl (C=O) groups is 1. The number of aromatic amines is 1. The maximum absolute atomic E-state index is 11.4. The largest absolute Gasteiger partial charge is 0.480 e. The van der Waals surface area contributed by atoms with Crippen LogP contribution in [0.3, 0.4) is 0 Å². The summed E-state index contributed by atoms with van der Waals surface area (Å²) in [7, 11) is 1.53. The Hall–Kier alpha value is -2.77. The Kier molecular flexibility index (Phi) is 4.41. The number of hydrogen-bond acceptors (Lipinski definition) is 5. The van der Waals surface area contributed by atoms with Gasteiger partial charge in [-0.2, -0.15) is 4.98 Å². The molecule has 0 aliphatic carbocycles. The van der Waals surface area contributed by atoms with Gasteiger partial charge >= 0.3 is 5.97 Å². The van der Waals surface area contributed by atoms with Crippen LogP contribution < -0.4 is 9.64 Å². The van der Waals surface area contributed by atoms with E-state index in [1.807, 2.05) is 17.0 Å². The summed E-state index contributed by atoms with van der Waals surface area (Å²) in [5.41, 5.74) is 2.14. The van der Waals surface area contributed by atoms with Crippen molar-refractivity contribution in [3.63, 3.8) is 0 Å². The number of H-pyrrole nitrogens is 1. The molecule has 3 heterocycles. The first kappa shape index (κ1) is 17.6. The number of anilines is 1. The van der Waals surface area contributed by atoms with Gasteiger partial charge in [0.1, 0.15) is 5.82 Å². The third kappa shape index (κ3) is 3.09. The van der Waals surface area contributed by atoms with Gasteiger partial charge in [-0.25, -0.2) is 4.79 Å². The third-order valence-electron chi connectivity index (χ3n) is 4.82. The number of hydrogen-bond donors (Lipinski definition) is 3. The molecule has 140 valence electrons. The number of aliphatic hydroxyl groups excluding tert-OH is 1. The average Bonchev–Trinajstić information content (AvgIpc) is 3.26. The summed E-state index contributed by atoms with van der Waals surface area (Å²) in [6.07, 6.45) is 1.81. The van der Waals surface area contributed by atoms with Crippen LogP contribution in [-0.4, -0.2) is 52.5 Å². The Labute approximate surface area is 160 Å². The first-order chi connectivity index (χ1) is 13.0. The highest BCUT2D eigenvalue weighted by atomic mass is 35.5. The van der Waals surface area contributed by atoms with Crippen LogP contribution in [0.15, 0.2) is 30.5 Å². The van der Waals surface area contributed by atoms with Crippen molar-refractivity contribution in [1.29, 1.82) is 0 Å². The highest BCUT2D eigenvalue weighted by molar-refractivity contribution is 6.34. The van der Waals surface area contributed by atoms with E-state index in [0.29, 0.717) is 45.9 Å². The zero-order valence-electron chi connectivity index (χ0n) is 14.6. The second kappa shape index (κ2) is 6.75. The smallest absolute Gasteiger partial charge is 0.337 e. The minimum Gasteiger partial charge on any atom is -0.480 e. The highest BCUT2D eigenvalue weighted by Crippen LogP contribution is 2.38. The molecule has 0 saturated carbocycles. The maximum Gasteiger partial charge on any atom is 0.337 e. The Morgan fingerprint density at radius 1 is 1.37 bits per heavy atom. The number of fused-ring (bicyclic) bond motifs is 1. The number of ether oxygens (including phenoxy) is 1. The molecule has 3 N–H and O–H groups in total. The van der Waals surface area contributed by atoms with Crippen LogP contribution in [0.1, 0.15) is 16.8 Å². The van der Waals surface area contributed by atoms with Gasteiger partial charge in [-0.3, -0.25) is 0 Å². The van der Waals surface area contributed by atoms with Gasteiger partial charge < -0.3 is 24.8 Å². The van der Waals surface area contributed by atoms with Crippen molar-refractivity contribution in [3.05, 3.63) is 41.0 Å². The number of carboxylic acids is 1. The number of aromatic carboxylic acids is 1. The monoisotopic (exact) mass is 387 g/mol. The van der Waals surface area contributed by atoms with Crippen molar-refractivity contribution in [2.45, 2.75) is 12.5 Å². The second-order valence-electron chi connectivity index (χ2n) is 6.50. The molecule has 7 nitrogen and oxygen atoms in total. The summed E-state index contributed by atoms with van der Waals surface area (Å²) in [6, 6.07) is 7.14. The summed E-state index contributed by atoms with van der Waals surface area (Å²) >= 11 is 6.45. The fraction of sp³-hybridized carbons (Fsp3) is 0.263. The van der Waals surface area contributed by atoms with Crippen LogP contribution in [-0.2, 0) is 0 Å². The second-order valence-corrected chi connectivity index (χ2v) is 6.91. The van der Waals surface area contributed by atoms with E-state index in [-0.39, 0.29) is 11.7 Å². The van der Waals surface area contributed by atoms with E-state index < -0.39 is 5.97 Å². The van der Waals surface area contributed by atoms with E-state index in [1.165, 1.54) is 13.3 Å². The summed E-state index contributed by atoms with van der Waals surface area (Å²) in [4.78, 5) is 20.9. The van der Waals surface area contributed by atoms with E-state index in [4.69, 9.17) is 16.3 Å². The molecule has 27 heavy (non-hydrogen) atoms. The fourth-order valence-corrected chi connectivity index (χ4v) is 3.71. The van der Waals surface area contributed by atoms with Gasteiger partial charge in [0.05, 0.1) is 23.8 Å². The molecule has 0 bridgehead atoms. The molecular weight excluding hydrogens is 370 g/mol. The fourth-order valence-electron chi connectivity index (χ4n) is 3.44. The lowest BCUT2D eigenvalue weighted by molar-refractivity contribution is 0.0699. The highest BCUT2D eigenvalue weighted by Gasteiger charge is 2.23. The van der Waals surface area contributed by atoms with Gasteiger partial charge in [0.2, 0.25) is 5.88 Å². The predicted molar refractivity (Wildman–Crippen MR) is 103 cm³/mol. The van der Waals surface area contributed by atoms with E-state index >= 15 is 0 Å². The summed E-state index contributed by atoms with van der Waals surface area (Å²) in [5.74, 6) is 0.0994. The molecule has 1 fully saturated rings. The molecule has 1 atom stereocenters. The van der Waals surface area contributed by atoms with E-state index in [2.05, 4.69) is 9.97 Å². The number of carboxylic acid groups (broad SMARTS) is 1. The van der Waals surface area contributed by atoms with Crippen LogP contribution in [0.2, 0.25) is 5.02 Å². The molecule has 2 aromatic heterocycles. The molecular formula is C19H18ClN3O4. The number of nitrogens with one attached hydrogen (secondary N) is 1. The van der Waals surface area contributed by atoms with Gasteiger partial charge in [0, 0.05) is 41.3 Å². The van der Waals surface area contributed by atoms with Gasteiger partial charge in [-0.05, 0) is 30.7 Å². The number of halogens is 1. The van der Waals surface area contributed by atoms with E-state index in [9.17, 15) is 15.0 Å². The molecule has 0 radical (unpaired) electrons. The normalized spacial score (nSPS) is 16.9. The molecule has 1 aliphatic heterocycles. The molecule has 0 spiro atoms. The van der Waals surface area contributed by atoms with Crippen LogP contribution in [0.4, 0.5) is 5.82 Å². The zero-order chi connectivity index (χ0) is 19.1. The van der Waals surface area contributed by atoms with Gasteiger partial charge in [-0.1, -0.05) is 11.6 Å². The average molecular weight is 388 g/mol. The number of aliphatic hydroxyl groups is 1.